The Labute approximate surface area is 205 Å². The second kappa shape index (κ2) is 11.1. The first-order valence-electron chi connectivity index (χ1n) is 10.3. The molecule has 3 rings (SSSR count). The van der Waals surface area contributed by atoms with Crippen molar-refractivity contribution in [1.82, 2.24) is 9.55 Å². The second-order valence-electron chi connectivity index (χ2n) is 8.17. The van der Waals surface area contributed by atoms with Crippen LogP contribution in [0.4, 0.5) is 0 Å². The molecule has 210 valence electrons. The third-order valence-corrected chi connectivity index (χ3v) is 8.30. The van der Waals surface area contributed by atoms with Crippen molar-refractivity contribution in [2.75, 3.05) is 6.61 Å². The number of H-pyrrole nitrogens is 1. The zero-order chi connectivity index (χ0) is 27.9. The molecule has 0 radical (unpaired) electrons. The van der Waals surface area contributed by atoms with Gasteiger partial charge in [0.05, 0.1) is 24.7 Å². The number of aromatic amines is 1. The summed E-state index contributed by atoms with van der Waals surface area (Å²) in [7, 11) is -11.1. The van der Waals surface area contributed by atoms with E-state index in [1.54, 1.807) is 0 Å². The molecule has 2 heterocycles. The quantitative estimate of drug-likeness (QED) is 0.126. The van der Waals surface area contributed by atoms with Gasteiger partial charge in [0.25, 0.3) is 5.56 Å². The molecule has 0 bridgehead atoms. The van der Waals surface area contributed by atoms with Gasteiger partial charge in [-0.2, -0.15) is 4.31 Å². The van der Waals surface area contributed by atoms with Crippen molar-refractivity contribution in [1.29, 1.82) is 0 Å². The van der Waals surface area contributed by atoms with E-state index in [4.69, 9.17) is 9.84 Å². The minimum Gasteiger partial charge on any atom is -0.481 e. The van der Waals surface area contributed by atoms with Gasteiger partial charge in [0.1, 0.15) is 30.5 Å². The van der Waals surface area contributed by atoms with E-state index < -0.39 is 101 Å². The van der Waals surface area contributed by atoms with E-state index >= 15 is 0 Å². The molecule has 21 heteroatoms. The number of rotatable bonds is 9. The number of phosphoric acid groups is 2. The number of aliphatic hydroxyl groups excluding tert-OH is 5. The summed E-state index contributed by atoms with van der Waals surface area (Å²) in [5, 5.41) is 58.8. The normalized spacial score (nSPS) is 37.5. The summed E-state index contributed by atoms with van der Waals surface area (Å²) >= 11 is 0. The van der Waals surface area contributed by atoms with Crippen LogP contribution in [0.5, 0.6) is 0 Å². The lowest BCUT2D eigenvalue weighted by atomic mass is 9.81. The van der Waals surface area contributed by atoms with Crippen molar-refractivity contribution in [3.63, 3.8) is 0 Å². The highest BCUT2D eigenvalue weighted by Gasteiger charge is 2.50. The first-order valence-corrected chi connectivity index (χ1v) is 13.3. The van der Waals surface area contributed by atoms with Crippen molar-refractivity contribution in [3.05, 3.63) is 33.1 Å². The lowest BCUT2D eigenvalue weighted by molar-refractivity contribution is -0.176. The predicted molar refractivity (Wildman–Crippen MR) is 113 cm³/mol. The number of nitrogens with one attached hydrogen (secondary N) is 1. The number of carboxylic acids is 1. The van der Waals surface area contributed by atoms with Crippen LogP contribution in [0, 0.1) is 5.92 Å². The molecule has 0 spiro atoms. The molecule has 1 saturated carbocycles. The summed E-state index contributed by atoms with van der Waals surface area (Å²) in [5.41, 5.74) is -1.76. The maximum absolute atomic E-state index is 12.2. The Morgan fingerprint density at radius 3 is 2.27 bits per heavy atom. The molecule has 2 fully saturated rings. The van der Waals surface area contributed by atoms with Crippen molar-refractivity contribution in [2.45, 2.75) is 55.4 Å². The molecule has 2 aliphatic rings. The van der Waals surface area contributed by atoms with Gasteiger partial charge in [-0.05, 0) is 6.42 Å². The molecule has 0 amide bonds. The zero-order valence-electron chi connectivity index (χ0n) is 18.4. The molecular formula is C16H24N2O17P2. The average molecular weight is 578 g/mol. The fourth-order valence-electron chi connectivity index (χ4n) is 3.78. The Morgan fingerprint density at radius 1 is 1.03 bits per heavy atom. The molecule has 1 aliphatic carbocycles. The molecular weight excluding hydrogens is 554 g/mol. The highest BCUT2D eigenvalue weighted by molar-refractivity contribution is 7.61. The SMILES string of the molecule is O=C(O)C1CC(OP(=O)(O)OP(=O)(O)OCC2OC(n3ccc(=O)[nH]c3=O)C(O)C2O)C(O)C(O)C1O. The highest BCUT2D eigenvalue weighted by Crippen LogP contribution is 2.61. The van der Waals surface area contributed by atoms with Gasteiger partial charge < -0.3 is 45.2 Å². The van der Waals surface area contributed by atoms with Crippen LogP contribution >= 0.6 is 15.6 Å². The van der Waals surface area contributed by atoms with Crippen molar-refractivity contribution in [3.8, 4) is 0 Å². The van der Waals surface area contributed by atoms with Crippen LogP contribution in [0.1, 0.15) is 12.6 Å². The minimum absolute atomic E-state index is 0.714. The summed E-state index contributed by atoms with van der Waals surface area (Å²) in [4.78, 5) is 55.8. The Hall–Kier alpha value is -1.83. The monoisotopic (exact) mass is 578 g/mol. The van der Waals surface area contributed by atoms with Crippen molar-refractivity contribution in [2.24, 2.45) is 5.92 Å². The molecule has 37 heavy (non-hydrogen) atoms. The van der Waals surface area contributed by atoms with Crippen LogP contribution in [0.2, 0.25) is 0 Å². The van der Waals surface area contributed by atoms with Crippen molar-refractivity contribution >= 4 is 21.6 Å². The molecule has 1 aliphatic heterocycles. The van der Waals surface area contributed by atoms with E-state index in [0.717, 1.165) is 12.3 Å². The Morgan fingerprint density at radius 2 is 1.68 bits per heavy atom. The molecule has 11 unspecified atom stereocenters. The Bertz CT molecular complexity index is 1200. The van der Waals surface area contributed by atoms with E-state index in [1.807, 2.05) is 4.98 Å². The molecule has 1 saturated heterocycles. The zero-order valence-corrected chi connectivity index (χ0v) is 20.1. The van der Waals surface area contributed by atoms with Crippen LogP contribution in [0.25, 0.3) is 0 Å². The molecule has 9 N–H and O–H groups in total. The number of hydrogen-bond donors (Lipinski definition) is 9. The Balaban J connectivity index is 1.63. The van der Waals surface area contributed by atoms with Gasteiger partial charge in [0, 0.05) is 12.3 Å². The first kappa shape index (κ1) is 29.7. The fraction of sp³-hybridized carbons (Fsp3) is 0.688. The maximum atomic E-state index is 12.2. The number of ether oxygens (including phenoxy) is 1. The topological polar surface area (TPSA) is 305 Å². The third-order valence-electron chi connectivity index (χ3n) is 5.64. The summed E-state index contributed by atoms with van der Waals surface area (Å²) in [6.07, 6.45) is -14.6. The lowest BCUT2D eigenvalue weighted by Gasteiger charge is -2.38. The number of nitrogens with zero attached hydrogens (tertiary/aromatic N) is 1. The Kier molecular flexibility index (Phi) is 8.93. The predicted octanol–water partition coefficient (Wildman–Crippen LogP) is -4.04. The van der Waals surface area contributed by atoms with Crippen LogP contribution < -0.4 is 11.2 Å². The number of hydrogen-bond acceptors (Lipinski definition) is 14. The summed E-state index contributed by atoms with van der Waals surface area (Å²) in [6.45, 7) is -1.04. The maximum Gasteiger partial charge on any atom is 0.481 e. The van der Waals surface area contributed by atoms with Crippen molar-refractivity contribution < 1.29 is 72.4 Å². The second-order valence-corrected chi connectivity index (χ2v) is 11.2. The summed E-state index contributed by atoms with van der Waals surface area (Å²) in [6, 6.07) is 0.920. The van der Waals surface area contributed by atoms with Gasteiger partial charge in [-0.15, -0.1) is 0 Å². The largest absolute Gasteiger partial charge is 0.481 e. The van der Waals surface area contributed by atoms with E-state index in [2.05, 4.69) is 13.4 Å². The fourth-order valence-corrected chi connectivity index (χ4v) is 6.05. The van der Waals surface area contributed by atoms with E-state index in [-0.39, 0.29) is 0 Å². The van der Waals surface area contributed by atoms with Crippen LogP contribution in [0.3, 0.4) is 0 Å². The number of aliphatic carboxylic acids is 1. The van der Waals surface area contributed by atoms with Crippen LogP contribution in [0.15, 0.2) is 21.9 Å². The number of aromatic nitrogens is 2. The molecule has 1 aromatic heterocycles. The highest BCUT2D eigenvalue weighted by atomic mass is 31.3. The number of carboxylic acid groups (broad SMARTS) is 1. The van der Waals surface area contributed by atoms with E-state index in [0.29, 0.717) is 4.57 Å². The van der Waals surface area contributed by atoms with Gasteiger partial charge in [-0.3, -0.25) is 28.2 Å². The number of aliphatic hydroxyl groups is 5. The number of phosphoric ester groups is 2. The van der Waals surface area contributed by atoms with Gasteiger partial charge >= 0.3 is 27.3 Å². The smallest absolute Gasteiger partial charge is 0.481 e. The van der Waals surface area contributed by atoms with Crippen LogP contribution in [-0.2, 0) is 32.0 Å². The number of carbonyl (C=O) groups is 1. The third kappa shape index (κ3) is 6.79. The molecule has 1 aromatic rings. The summed E-state index contributed by atoms with van der Waals surface area (Å²) in [5.74, 6) is -3.35. The first-order chi connectivity index (χ1) is 17.0. The van der Waals surface area contributed by atoms with Gasteiger partial charge in [-0.1, -0.05) is 0 Å². The van der Waals surface area contributed by atoms with E-state index in [1.165, 1.54) is 0 Å². The molecule has 11 atom stereocenters. The standard InChI is InChI=1S/C16H24N2O17P2/c19-8-1-2-18(16(27)17-8)14-13(24)11(22)7(33-14)4-32-36(28,29)35-37(30,31)34-6-3-5(15(25)26)9(20)12(23)10(6)21/h1-2,5-7,9-14,20-24H,3-4H2,(H,25,26)(H,28,29)(H,30,31)(H,17,19,27). The average Bonchev–Trinajstić information content (AvgIpc) is 3.05. The lowest BCUT2D eigenvalue weighted by Crippen LogP contribution is -2.55. The van der Waals surface area contributed by atoms with E-state index in [9.17, 15) is 58.8 Å². The summed E-state index contributed by atoms with van der Waals surface area (Å²) < 4.78 is 43.5. The van der Waals surface area contributed by atoms with Gasteiger partial charge in [0.15, 0.2) is 6.23 Å². The van der Waals surface area contributed by atoms with Crippen LogP contribution in [-0.4, -0.2) is 105 Å². The molecule has 0 aromatic carbocycles. The molecule has 19 nitrogen and oxygen atoms in total. The van der Waals surface area contributed by atoms with Gasteiger partial charge in [-0.25, -0.2) is 13.9 Å². The van der Waals surface area contributed by atoms with Gasteiger partial charge in [0.2, 0.25) is 0 Å². The minimum atomic E-state index is -5.60.